The first-order valence-corrected chi connectivity index (χ1v) is 8.84. The van der Waals surface area contributed by atoms with E-state index in [9.17, 15) is 14.7 Å². The molecule has 3 aromatic rings. The lowest BCUT2D eigenvalue weighted by Gasteiger charge is -2.19. The van der Waals surface area contributed by atoms with Crippen LogP contribution in [-0.4, -0.2) is 17.2 Å². The number of aryl methyl sites for hydroxylation is 1. The van der Waals surface area contributed by atoms with Crippen molar-refractivity contribution in [1.82, 2.24) is 0 Å². The number of hydrogen-bond acceptors (Lipinski definition) is 4. The van der Waals surface area contributed by atoms with Crippen LogP contribution in [0.5, 0.6) is 5.75 Å². The number of carboxylic acid groups (broad SMARTS) is 1. The summed E-state index contributed by atoms with van der Waals surface area (Å²) in [4.78, 5) is 24.2. The molecule has 1 heterocycles. The van der Waals surface area contributed by atoms with Gasteiger partial charge in [-0.2, -0.15) is 0 Å². The lowest BCUT2D eigenvalue weighted by molar-refractivity contribution is 0.0694. The number of carbonyl (C=O) groups is 1. The van der Waals surface area contributed by atoms with Gasteiger partial charge in [0.25, 0.3) is 0 Å². The van der Waals surface area contributed by atoms with E-state index in [0.29, 0.717) is 44.2 Å². The highest BCUT2D eigenvalue weighted by molar-refractivity contribution is 6.31. The topological polar surface area (TPSA) is 76.7 Å². The van der Waals surface area contributed by atoms with Crippen LogP contribution in [0.1, 0.15) is 35.3 Å². The van der Waals surface area contributed by atoms with Gasteiger partial charge in [-0.1, -0.05) is 11.6 Å². The number of hydrogen-bond donors (Lipinski definition) is 1. The van der Waals surface area contributed by atoms with Crippen LogP contribution >= 0.6 is 11.6 Å². The molecule has 0 unspecified atom stereocenters. The SMILES string of the molecule is Cc1cc(-c2cc(=O)c3ccc(Cl)cc3o2)c(OC(C)C)c(C)c1C(=O)O. The summed E-state index contributed by atoms with van der Waals surface area (Å²) in [6.07, 6.45) is -0.187. The highest BCUT2D eigenvalue weighted by Gasteiger charge is 2.22. The number of aromatic carboxylic acids is 1. The average Bonchev–Trinajstić information content (AvgIpc) is 2.56. The summed E-state index contributed by atoms with van der Waals surface area (Å²) in [7, 11) is 0. The third kappa shape index (κ3) is 3.55. The first-order valence-electron chi connectivity index (χ1n) is 8.47. The van der Waals surface area contributed by atoms with Crippen LogP contribution < -0.4 is 10.2 Å². The van der Waals surface area contributed by atoms with Crippen molar-refractivity contribution in [1.29, 1.82) is 0 Å². The Hall–Kier alpha value is -2.79. The van der Waals surface area contributed by atoms with Gasteiger partial charge in [0.1, 0.15) is 17.1 Å². The molecule has 0 aliphatic rings. The Morgan fingerprint density at radius 3 is 2.52 bits per heavy atom. The molecule has 0 radical (unpaired) electrons. The van der Waals surface area contributed by atoms with Crippen LogP contribution in [0.4, 0.5) is 0 Å². The molecule has 0 bridgehead atoms. The lowest BCUT2D eigenvalue weighted by Crippen LogP contribution is -2.12. The number of rotatable bonds is 4. The van der Waals surface area contributed by atoms with Crippen LogP contribution in [0, 0.1) is 13.8 Å². The normalized spacial score (nSPS) is 11.2. The standard InChI is InChI=1S/C21H19ClO5/c1-10(2)26-20-12(4)19(21(24)25)11(3)7-15(20)18-9-16(23)14-6-5-13(22)8-17(14)27-18/h5-10H,1-4H3,(H,24,25). The van der Waals surface area contributed by atoms with Gasteiger partial charge in [0.15, 0.2) is 5.43 Å². The molecule has 0 atom stereocenters. The minimum absolute atomic E-state index is 0.181. The van der Waals surface area contributed by atoms with Crippen molar-refractivity contribution in [2.75, 3.05) is 0 Å². The van der Waals surface area contributed by atoms with Crippen LogP contribution in [0.25, 0.3) is 22.3 Å². The van der Waals surface area contributed by atoms with Gasteiger partial charge in [0, 0.05) is 22.7 Å². The summed E-state index contributed by atoms with van der Waals surface area (Å²) in [5, 5.41) is 10.4. The fourth-order valence-electron chi connectivity index (χ4n) is 3.13. The molecule has 3 rings (SSSR count). The van der Waals surface area contributed by atoms with E-state index < -0.39 is 5.97 Å². The quantitative estimate of drug-likeness (QED) is 0.665. The van der Waals surface area contributed by atoms with Gasteiger partial charge in [0.2, 0.25) is 0 Å². The number of carboxylic acids is 1. The fourth-order valence-corrected chi connectivity index (χ4v) is 3.29. The molecule has 1 aromatic heterocycles. The third-order valence-electron chi connectivity index (χ3n) is 4.24. The third-order valence-corrected chi connectivity index (χ3v) is 4.47. The summed E-state index contributed by atoms with van der Waals surface area (Å²) in [5.74, 6) is -0.344. The molecule has 2 aromatic carbocycles. The van der Waals surface area contributed by atoms with Crippen molar-refractivity contribution in [2.24, 2.45) is 0 Å². The van der Waals surface area contributed by atoms with Crippen LogP contribution in [-0.2, 0) is 0 Å². The Labute approximate surface area is 161 Å². The molecule has 0 spiro atoms. The Morgan fingerprint density at radius 1 is 1.19 bits per heavy atom. The van der Waals surface area contributed by atoms with E-state index in [1.807, 2.05) is 13.8 Å². The van der Waals surface area contributed by atoms with Gasteiger partial charge >= 0.3 is 5.97 Å². The molecular formula is C21H19ClO5. The summed E-state index contributed by atoms with van der Waals surface area (Å²) in [6, 6.07) is 7.88. The maximum atomic E-state index is 12.5. The van der Waals surface area contributed by atoms with Gasteiger partial charge in [-0.3, -0.25) is 4.79 Å². The predicted molar refractivity (Wildman–Crippen MR) is 105 cm³/mol. The second-order valence-corrected chi connectivity index (χ2v) is 7.09. The van der Waals surface area contributed by atoms with Crippen molar-refractivity contribution in [3.63, 3.8) is 0 Å². The summed E-state index contributed by atoms with van der Waals surface area (Å²) >= 11 is 6.02. The average molecular weight is 387 g/mol. The minimum atomic E-state index is -1.03. The molecule has 1 N–H and O–H groups in total. The minimum Gasteiger partial charge on any atom is -0.490 e. The Bertz CT molecular complexity index is 1110. The summed E-state index contributed by atoms with van der Waals surface area (Å²) < 4.78 is 11.8. The Kier molecular flexibility index (Phi) is 4.98. The van der Waals surface area contributed by atoms with Crippen LogP contribution in [0.2, 0.25) is 5.02 Å². The molecule has 0 saturated carbocycles. The van der Waals surface area contributed by atoms with Crippen molar-refractivity contribution in [2.45, 2.75) is 33.8 Å². The Balaban J connectivity index is 2.35. The molecule has 0 fully saturated rings. The van der Waals surface area contributed by atoms with E-state index in [0.717, 1.165) is 0 Å². The second-order valence-electron chi connectivity index (χ2n) is 6.66. The van der Waals surface area contributed by atoms with Crippen LogP contribution in [0.3, 0.4) is 0 Å². The monoisotopic (exact) mass is 386 g/mol. The fraction of sp³-hybridized carbons (Fsp3) is 0.238. The zero-order valence-corrected chi connectivity index (χ0v) is 16.2. The van der Waals surface area contributed by atoms with Gasteiger partial charge in [-0.15, -0.1) is 0 Å². The number of ether oxygens (including phenoxy) is 1. The van der Waals surface area contributed by atoms with Gasteiger partial charge in [0.05, 0.1) is 22.6 Å². The first-order chi connectivity index (χ1) is 12.7. The van der Waals surface area contributed by atoms with E-state index in [1.54, 1.807) is 38.1 Å². The number of benzene rings is 2. The molecule has 140 valence electrons. The van der Waals surface area contributed by atoms with E-state index in [-0.39, 0.29) is 17.1 Å². The van der Waals surface area contributed by atoms with E-state index in [4.69, 9.17) is 20.8 Å². The van der Waals surface area contributed by atoms with Crippen LogP contribution in [0.15, 0.2) is 39.5 Å². The second kappa shape index (κ2) is 7.08. The van der Waals surface area contributed by atoms with E-state index in [2.05, 4.69) is 0 Å². The van der Waals surface area contributed by atoms with E-state index in [1.165, 1.54) is 6.07 Å². The smallest absolute Gasteiger partial charge is 0.336 e. The molecule has 0 amide bonds. The van der Waals surface area contributed by atoms with Crippen molar-refractivity contribution < 1.29 is 19.1 Å². The molecule has 6 heteroatoms. The van der Waals surface area contributed by atoms with Gasteiger partial charge in [-0.25, -0.2) is 4.79 Å². The first kappa shape index (κ1) is 19.0. The number of halogens is 1. The molecule has 0 aliphatic carbocycles. The lowest BCUT2D eigenvalue weighted by atomic mass is 9.96. The highest BCUT2D eigenvalue weighted by Crippen LogP contribution is 2.38. The Morgan fingerprint density at radius 2 is 1.89 bits per heavy atom. The van der Waals surface area contributed by atoms with Crippen molar-refractivity contribution in [3.8, 4) is 17.1 Å². The van der Waals surface area contributed by atoms with Gasteiger partial charge < -0.3 is 14.3 Å². The van der Waals surface area contributed by atoms with Crippen molar-refractivity contribution >= 4 is 28.5 Å². The zero-order valence-electron chi connectivity index (χ0n) is 15.4. The molecule has 27 heavy (non-hydrogen) atoms. The highest BCUT2D eigenvalue weighted by atomic mass is 35.5. The van der Waals surface area contributed by atoms with Crippen molar-refractivity contribution in [3.05, 3.63) is 62.3 Å². The zero-order chi connectivity index (χ0) is 19.9. The maximum absolute atomic E-state index is 12.5. The van der Waals surface area contributed by atoms with E-state index >= 15 is 0 Å². The van der Waals surface area contributed by atoms with Gasteiger partial charge in [-0.05, 0) is 51.5 Å². The largest absolute Gasteiger partial charge is 0.490 e. The molecule has 0 saturated heterocycles. The molecule has 5 nitrogen and oxygen atoms in total. The summed E-state index contributed by atoms with van der Waals surface area (Å²) in [6.45, 7) is 7.09. The predicted octanol–water partition coefficient (Wildman–Crippen LogP) is 5.22. The summed E-state index contributed by atoms with van der Waals surface area (Å²) in [5.41, 5.74) is 1.90. The number of fused-ring (bicyclic) bond motifs is 1. The maximum Gasteiger partial charge on any atom is 0.336 e. The molecule has 0 aliphatic heterocycles. The molecular weight excluding hydrogens is 368 g/mol.